The maximum atomic E-state index is 12.7. The van der Waals surface area contributed by atoms with Crippen molar-refractivity contribution in [2.24, 2.45) is 0 Å². The fourth-order valence-electron chi connectivity index (χ4n) is 1.65. The molecule has 0 aliphatic heterocycles. The van der Waals surface area contributed by atoms with Crippen LogP contribution in [0, 0.1) is 0 Å². The van der Waals surface area contributed by atoms with Gasteiger partial charge in [0.1, 0.15) is 0 Å². The Bertz CT molecular complexity index is 698. The van der Waals surface area contributed by atoms with E-state index in [1.54, 1.807) is 6.92 Å². The zero-order chi connectivity index (χ0) is 16.3. The molecule has 5 nitrogen and oxygen atoms in total. The highest BCUT2D eigenvalue weighted by atomic mass is 32.2. The van der Waals surface area contributed by atoms with Crippen molar-refractivity contribution in [3.8, 4) is 0 Å². The van der Waals surface area contributed by atoms with Gasteiger partial charge >= 0.3 is 6.18 Å². The van der Waals surface area contributed by atoms with E-state index in [0.717, 1.165) is 24.0 Å². The van der Waals surface area contributed by atoms with Gasteiger partial charge in [-0.25, -0.2) is 0 Å². The molecule has 118 valence electrons. The Morgan fingerprint density at radius 2 is 2.23 bits per heavy atom. The van der Waals surface area contributed by atoms with E-state index < -0.39 is 17.0 Å². The van der Waals surface area contributed by atoms with Gasteiger partial charge in [0.2, 0.25) is 5.91 Å². The van der Waals surface area contributed by atoms with Crippen molar-refractivity contribution < 1.29 is 18.0 Å². The minimum atomic E-state index is -4.45. The number of hydrogen-bond donors (Lipinski definition) is 1. The molecular formula is C13H13F3N4OS. The second-order valence-electron chi connectivity index (χ2n) is 4.42. The maximum Gasteiger partial charge on any atom is 0.417 e. The number of rotatable bonds is 5. The monoisotopic (exact) mass is 330 g/mol. The summed E-state index contributed by atoms with van der Waals surface area (Å²) in [4.78, 5) is 11.8. The van der Waals surface area contributed by atoms with Crippen LogP contribution in [0.3, 0.4) is 0 Å². The van der Waals surface area contributed by atoms with E-state index in [0.29, 0.717) is 6.54 Å². The highest BCUT2D eigenvalue weighted by Crippen LogP contribution is 2.30. The van der Waals surface area contributed by atoms with Crippen molar-refractivity contribution in [3.63, 3.8) is 0 Å². The molecular weight excluding hydrogens is 317 g/mol. The van der Waals surface area contributed by atoms with Gasteiger partial charge in [0.05, 0.1) is 10.8 Å². The van der Waals surface area contributed by atoms with Gasteiger partial charge in [-0.05, 0) is 19.1 Å². The third-order valence-electron chi connectivity index (χ3n) is 2.77. The van der Waals surface area contributed by atoms with Crippen LogP contribution >= 0.6 is 11.8 Å². The molecule has 0 aliphatic rings. The third-order valence-corrected chi connectivity index (χ3v) is 3.83. The summed E-state index contributed by atoms with van der Waals surface area (Å²) in [5.74, 6) is -0.256. The lowest BCUT2D eigenvalue weighted by Crippen LogP contribution is -2.31. The van der Waals surface area contributed by atoms with Gasteiger partial charge in [0.15, 0.2) is 10.8 Å². The zero-order valence-corrected chi connectivity index (χ0v) is 12.4. The van der Waals surface area contributed by atoms with Gasteiger partial charge in [0, 0.05) is 12.7 Å². The lowest BCUT2D eigenvalue weighted by Gasteiger charge is -2.10. The second kappa shape index (κ2) is 6.39. The van der Waals surface area contributed by atoms with E-state index in [9.17, 15) is 18.0 Å². The van der Waals surface area contributed by atoms with Crippen LogP contribution in [-0.4, -0.2) is 32.3 Å². The average molecular weight is 330 g/mol. The number of amides is 1. The van der Waals surface area contributed by atoms with Gasteiger partial charge in [0.25, 0.3) is 0 Å². The Morgan fingerprint density at radius 1 is 1.50 bits per heavy atom. The molecule has 0 bridgehead atoms. The first-order chi connectivity index (χ1) is 10.3. The fraction of sp³-hybridized carbons (Fsp3) is 0.308. The van der Waals surface area contributed by atoms with Gasteiger partial charge in [-0.3, -0.25) is 9.20 Å². The van der Waals surface area contributed by atoms with Crippen LogP contribution in [0.5, 0.6) is 0 Å². The molecule has 0 saturated carbocycles. The third kappa shape index (κ3) is 3.59. The van der Waals surface area contributed by atoms with Gasteiger partial charge < -0.3 is 5.32 Å². The number of thioether (sulfide) groups is 1. The number of alkyl halides is 3. The van der Waals surface area contributed by atoms with Crippen molar-refractivity contribution in [3.05, 3.63) is 36.5 Å². The lowest BCUT2D eigenvalue weighted by molar-refractivity contribution is -0.137. The van der Waals surface area contributed by atoms with Crippen molar-refractivity contribution >= 4 is 23.3 Å². The van der Waals surface area contributed by atoms with Crippen molar-refractivity contribution in [1.82, 2.24) is 19.9 Å². The number of halogens is 3. The van der Waals surface area contributed by atoms with E-state index in [1.165, 1.54) is 16.5 Å². The predicted molar refractivity (Wildman–Crippen MR) is 76.5 cm³/mol. The van der Waals surface area contributed by atoms with Crippen LogP contribution in [0.15, 0.2) is 36.1 Å². The molecule has 0 aromatic carbocycles. The minimum absolute atomic E-state index is 0.224. The van der Waals surface area contributed by atoms with Crippen LogP contribution in [0.1, 0.15) is 12.5 Å². The summed E-state index contributed by atoms with van der Waals surface area (Å²) in [6.45, 7) is 5.45. The minimum Gasteiger partial charge on any atom is -0.352 e. The van der Waals surface area contributed by atoms with Crippen molar-refractivity contribution in [2.75, 3.05) is 6.54 Å². The molecule has 22 heavy (non-hydrogen) atoms. The molecule has 0 radical (unpaired) electrons. The molecule has 2 aromatic heterocycles. The smallest absolute Gasteiger partial charge is 0.352 e. The van der Waals surface area contributed by atoms with Crippen LogP contribution in [0.4, 0.5) is 13.2 Å². The summed E-state index contributed by atoms with van der Waals surface area (Å²) < 4.78 is 39.5. The standard InChI is InChI=1S/C13H13F3N4OS/c1-3-6-17-11(21)8(2)22-12-19-18-10-5-4-9(7-20(10)12)13(14,15)16/h3-5,7-8H,1,6H2,2H3,(H,17,21). The second-order valence-corrected chi connectivity index (χ2v) is 5.73. The molecule has 2 heterocycles. The number of carbonyl (C=O) groups excluding carboxylic acids is 1. The summed E-state index contributed by atoms with van der Waals surface area (Å²) in [6.07, 6.45) is -1.99. The Morgan fingerprint density at radius 3 is 2.86 bits per heavy atom. The van der Waals surface area contributed by atoms with E-state index in [-0.39, 0.29) is 16.7 Å². The average Bonchev–Trinajstić information content (AvgIpc) is 2.86. The molecule has 1 atom stereocenters. The predicted octanol–water partition coefficient (Wildman–Crippen LogP) is 2.53. The van der Waals surface area contributed by atoms with Crippen LogP contribution < -0.4 is 5.32 Å². The fourth-order valence-corrected chi connectivity index (χ4v) is 2.50. The topological polar surface area (TPSA) is 59.3 Å². The zero-order valence-electron chi connectivity index (χ0n) is 11.6. The van der Waals surface area contributed by atoms with Crippen LogP contribution in [0.25, 0.3) is 5.65 Å². The molecule has 1 amide bonds. The molecule has 0 aliphatic carbocycles. The summed E-state index contributed by atoms with van der Waals surface area (Å²) >= 11 is 1.03. The molecule has 9 heteroatoms. The molecule has 2 rings (SSSR count). The SMILES string of the molecule is C=CCNC(=O)C(C)Sc1nnc2ccc(C(F)(F)F)cn12. The first kappa shape index (κ1) is 16.3. The first-order valence-corrected chi connectivity index (χ1v) is 7.18. The number of nitrogens with zero attached hydrogens (tertiary/aromatic N) is 3. The summed E-state index contributed by atoms with van der Waals surface area (Å²) in [7, 11) is 0. The largest absolute Gasteiger partial charge is 0.417 e. The number of hydrogen-bond acceptors (Lipinski definition) is 4. The van der Waals surface area contributed by atoms with Crippen LogP contribution in [0.2, 0.25) is 0 Å². The normalized spacial score (nSPS) is 13.1. The molecule has 1 unspecified atom stereocenters. The van der Waals surface area contributed by atoms with Crippen LogP contribution in [-0.2, 0) is 11.0 Å². The van der Waals surface area contributed by atoms with E-state index >= 15 is 0 Å². The lowest BCUT2D eigenvalue weighted by atomic mass is 10.3. The van der Waals surface area contributed by atoms with E-state index in [4.69, 9.17) is 0 Å². The van der Waals surface area contributed by atoms with Gasteiger partial charge in [-0.15, -0.1) is 16.8 Å². The summed E-state index contributed by atoms with van der Waals surface area (Å²) in [6, 6.07) is 2.18. The van der Waals surface area contributed by atoms with E-state index in [1.807, 2.05) is 0 Å². The number of carbonyl (C=O) groups is 1. The Hall–Kier alpha value is -2.03. The molecule has 0 saturated heterocycles. The number of pyridine rings is 1. The number of aromatic nitrogens is 3. The molecule has 0 fully saturated rings. The van der Waals surface area contributed by atoms with Crippen molar-refractivity contribution in [2.45, 2.75) is 23.5 Å². The quantitative estimate of drug-likeness (QED) is 0.676. The number of nitrogens with one attached hydrogen (secondary N) is 1. The highest BCUT2D eigenvalue weighted by Gasteiger charge is 2.31. The first-order valence-electron chi connectivity index (χ1n) is 6.30. The maximum absolute atomic E-state index is 12.7. The Balaban J connectivity index is 2.24. The van der Waals surface area contributed by atoms with Gasteiger partial charge in [-0.1, -0.05) is 17.8 Å². The summed E-state index contributed by atoms with van der Waals surface area (Å²) in [5.41, 5.74) is -0.514. The number of fused-ring (bicyclic) bond motifs is 1. The Kier molecular flexibility index (Phi) is 4.74. The molecule has 0 spiro atoms. The van der Waals surface area contributed by atoms with Crippen molar-refractivity contribution in [1.29, 1.82) is 0 Å². The molecule has 1 N–H and O–H groups in total. The van der Waals surface area contributed by atoms with Gasteiger partial charge in [-0.2, -0.15) is 13.2 Å². The summed E-state index contributed by atoms with van der Waals surface area (Å²) in [5, 5.41) is 9.93. The van der Waals surface area contributed by atoms with E-state index in [2.05, 4.69) is 22.1 Å². The molecule has 2 aromatic rings. The highest BCUT2D eigenvalue weighted by molar-refractivity contribution is 8.00. The Labute approximate surface area is 128 Å².